The molecule has 0 aliphatic carbocycles. The summed E-state index contributed by atoms with van der Waals surface area (Å²) in [5.74, 6) is 0. The van der Waals surface area contributed by atoms with Crippen molar-refractivity contribution >= 4 is 27.3 Å². The molecule has 0 saturated heterocycles. The van der Waals surface area contributed by atoms with Gasteiger partial charge in [0, 0.05) is 29.7 Å². The van der Waals surface area contributed by atoms with E-state index in [-0.39, 0.29) is 29.8 Å². The molecule has 0 unspecified atom stereocenters. The van der Waals surface area contributed by atoms with Gasteiger partial charge in [0.15, 0.2) is 0 Å². The van der Waals surface area contributed by atoms with Crippen molar-refractivity contribution < 1.29 is 18.4 Å². The highest BCUT2D eigenvalue weighted by atomic mass is 35.5. The van der Waals surface area contributed by atoms with E-state index in [1.807, 2.05) is 0 Å². The second kappa shape index (κ2) is 9.25. The lowest BCUT2D eigenvalue weighted by atomic mass is 10.1. The topological polar surface area (TPSA) is 122 Å². The van der Waals surface area contributed by atoms with E-state index in [1.165, 1.54) is 12.1 Å². The monoisotopic (exact) mass is 413 g/mol. The first-order valence-electron chi connectivity index (χ1n) is 8.09. The van der Waals surface area contributed by atoms with E-state index in [1.54, 1.807) is 31.2 Å². The fraction of sp³-hybridized carbons (Fsp3) is 0.294. The first-order valence-corrected chi connectivity index (χ1v) is 9.95. The molecule has 2 atom stereocenters. The number of hydrogen-bond donors (Lipinski definition) is 3. The molecule has 2 rings (SSSR count). The molecular formula is C17H20ClN3O5S. The minimum Gasteiger partial charge on any atom is -0.394 e. The molecule has 0 spiro atoms. The second-order valence-corrected chi connectivity index (χ2v) is 8.12. The zero-order valence-electron chi connectivity index (χ0n) is 14.5. The average molecular weight is 414 g/mol. The lowest BCUT2D eigenvalue weighted by Gasteiger charge is -2.20. The van der Waals surface area contributed by atoms with Crippen LogP contribution in [0, 0.1) is 10.1 Å². The lowest BCUT2D eigenvalue weighted by Crippen LogP contribution is -2.41. The number of sulfonamides is 1. The molecule has 0 fully saturated rings. The zero-order chi connectivity index (χ0) is 20.0. The second-order valence-electron chi connectivity index (χ2n) is 5.97. The molecule has 0 bridgehead atoms. The van der Waals surface area contributed by atoms with Gasteiger partial charge in [-0.3, -0.25) is 10.1 Å². The standard InChI is InChI=1S/C17H20ClN3O5S/c1-12(10-19-17(11-22)13-2-4-14(18)5-3-13)20-27(25,26)16-8-6-15(7-9-16)21(23)24/h2-9,12,17,19-20,22H,10-11H2,1H3/t12-,17-/m1/s1. The number of benzene rings is 2. The Bertz CT molecular complexity index is 872. The predicted octanol–water partition coefficient (Wildman–Crippen LogP) is 2.24. The largest absolute Gasteiger partial charge is 0.394 e. The zero-order valence-corrected chi connectivity index (χ0v) is 16.1. The number of aliphatic hydroxyl groups is 1. The van der Waals surface area contributed by atoms with Gasteiger partial charge >= 0.3 is 0 Å². The molecule has 8 nitrogen and oxygen atoms in total. The summed E-state index contributed by atoms with van der Waals surface area (Å²) in [6, 6.07) is 10.8. The van der Waals surface area contributed by atoms with Gasteiger partial charge in [0.05, 0.1) is 22.5 Å². The smallest absolute Gasteiger partial charge is 0.269 e. The fourth-order valence-electron chi connectivity index (χ4n) is 2.42. The maximum absolute atomic E-state index is 12.4. The molecule has 0 heterocycles. The average Bonchev–Trinajstić information content (AvgIpc) is 2.63. The van der Waals surface area contributed by atoms with Gasteiger partial charge in [0.2, 0.25) is 10.0 Å². The number of hydrogen-bond acceptors (Lipinski definition) is 6. The number of non-ortho nitro benzene ring substituents is 1. The van der Waals surface area contributed by atoms with Gasteiger partial charge < -0.3 is 10.4 Å². The number of aliphatic hydroxyl groups excluding tert-OH is 1. The van der Waals surface area contributed by atoms with Crippen LogP contribution in [0.2, 0.25) is 5.02 Å². The number of nitro groups is 1. The van der Waals surface area contributed by atoms with Gasteiger partial charge in [-0.15, -0.1) is 0 Å². The molecular weight excluding hydrogens is 394 g/mol. The molecule has 0 saturated carbocycles. The SMILES string of the molecule is C[C@H](CN[C@H](CO)c1ccc(Cl)cc1)NS(=O)(=O)c1ccc([N+](=O)[O-])cc1. The number of nitro benzene ring substituents is 1. The van der Waals surface area contributed by atoms with Crippen LogP contribution in [0.5, 0.6) is 0 Å². The molecule has 0 aliphatic rings. The Balaban J connectivity index is 1.97. The van der Waals surface area contributed by atoms with Crippen LogP contribution in [0.25, 0.3) is 0 Å². The third-order valence-corrected chi connectivity index (χ3v) is 5.70. The van der Waals surface area contributed by atoms with E-state index in [0.29, 0.717) is 5.02 Å². The molecule has 2 aromatic rings. The van der Waals surface area contributed by atoms with Crippen molar-refractivity contribution in [1.82, 2.24) is 10.0 Å². The fourth-order valence-corrected chi connectivity index (χ4v) is 3.79. The van der Waals surface area contributed by atoms with Crippen molar-refractivity contribution in [2.24, 2.45) is 0 Å². The summed E-state index contributed by atoms with van der Waals surface area (Å²) < 4.78 is 27.2. The van der Waals surface area contributed by atoms with Gasteiger partial charge in [0.1, 0.15) is 0 Å². The van der Waals surface area contributed by atoms with E-state index >= 15 is 0 Å². The van der Waals surface area contributed by atoms with E-state index in [0.717, 1.165) is 17.7 Å². The highest BCUT2D eigenvalue weighted by molar-refractivity contribution is 7.89. The maximum Gasteiger partial charge on any atom is 0.269 e. The maximum atomic E-state index is 12.4. The van der Waals surface area contributed by atoms with Crippen LogP contribution >= 0.6 is 11.6 Å². The Labute approximate surface area is 162 Å². The number of halogens is 1. The van der Waals surface area contributed by atoms with Crippen LogP contribution in [0.3, 0.4) is 0 Å². The minimum atomic E-state index is -3.82. The third kappa shape index (κ3) is 5.98. The van der Waals surface area contributed by atoms with Crippen molar-refractivity contribution in [3.8, 4) is 0 Å². The van der Waals surface area contributed by atoms with Gasteiger partial charge in [-0.2, -0.15) is 0 Å². The summed E-state index contributed by atoms with van der Waals surface area (Å²) in [7, 11) is -3.82. The first-order chi connectivity index (χ1) is 12.7. The lowest BCUT2D eigenvalue weighted by molar-refractivity contribution is -0.384. The Morgan fingerprint density at radius 2 is 1.74 bits per heavy atom. The van der Waals surface area contributed by atoms with Crippen LogP contribution in [-0.4, -0.2) is 37.6 Å². The van der Waals surface area contributed by atoms with Crippen LogP contribution < -0.4 is 10.0 Å². The Morgan fingerprint density at radius 1 is 1.15 bits per heavy atom. The highest BCUT2D eigenvalue weighted by Gasteiger charge is 2.19. The van der Waals surface area contributed by atoms with Crippen molar-refractivity contribution in [1.29, 1.82) is 0 Å². The molecule has 0 aromatic heterocycles. The van der Waals surface area contributed by atoms with E-state index in [9.17, 15) is 23.6 Å². The van der Waals surface area contributed by atoms with Crippen LogP contribution in [0.4, 0.5) is 5.69 Å². The van der Waals surface area contributed by atoms with Crippen molar-refractivity contribution in [2.75, 3.05) is 13.2 Å². The molecule has 27 heavy (non-hydrogen) atoms. The van der Waals surface area contributed by atoms with Gasteiger partial charge in [0.25, 0.3) is 5.69 Å². The van der Waals surface area contributed by atoms with E-state index in [2.05, 4.69) is 10.0 Å². The van der Waals surface area contributed by atoms with Crippen molar-refractivity contribution in [3.05, 3.63) is 69.2 Å². The quantitative estimate of drug-likeness (QED) is 0.428. The van der Waals surface area contributed by atoms with Crippen molar-refractivity contribution in [2.45, 2.75) is 23.9 Å². The summed E-state index contributed by atoms with van der Waals surface area (Å²) >= 11 is 5.85. The molecule has 0 amide bonds. The van der Waals surface area contributed by atoms with Crippen LogP contribution in [-0.2, 0) is 10.0 Å². The third-order valence-electron chi connectivity index (χ3n) is 3.84. The van der Waals surface area contributed by atoms with E-state index < -0.39 is 21.0 Å². The molecule has 3 N–H and O–H groups in total. The van der Waals surface area contributed by atoms with Crippen LogP contribution in [0.1, 0.15) is 18.5 Å². The normalized spacial score (nSPS) is 13.9. The molecule has 0 radical (unpaired) electrons. The van der Waals surface area contributed by atoms with E-state index in [4.69, 9.17) is 11.6 Å². The van der Waals surface area contributed by atoms with Gasteiger partial charge in [-0.05, 0) is 36.8 Å². The molecule has 0 aliphatic heterocycles. The number of nitrogens with zero attached hydrogens (tertiary/aromatic N) is 1. The Hall–Kier alpha value is -2.04. The number of rotatable bonds is 9. The van der Waals surface area contributed by atoms with Gasteiger partial charge in [-0.25, -0.2) is 13.1 Å². The predicted molar refractivity (Wildman–Crippen MR) is 102 cm³/mol. The van der Waals surface area contributed by atoms with Gasteiger partial charge in [-0.1, -0.05) is 23.7 Å². The van der Waals surface area contributed by atoms with Crippen LogP contribution in [0.15, 0.2) is 53.4 Å². The number of nitrogens with one attached hydrogen (secondary N) is 2. The summed E-state index contributed by atoms with van der Waals surface area (Å²) in [4.78, 5) is 10.0. The van der Waals surface area contributed by atoms with Crippen molar-refractivity contribution in [3.63, 3.8) is 0 Å². The minimum absolute atomic E-state index is 0.0589. The Morgan fingerprint density at radius 3 is 2.26 bits per heavy atom. The summed E-state index contributed by atoms with van der Waals surface area (Å²) in [5.41, 5.74) is 0.643. The molecule has 2 aromatic carbocycles. The summed E-state index contributed by atoms with van der Waals surface area (Å²) in [6.45, 7) is 1.77. The first kappa shape index (κ1) is 21.3. The highest BCUT2D eigenvalue weighted by Crippen LogP contribution is 2.17. The molecule has 146 valence electrons. The summed E-state index contributed by atoms with van der Waals surface area (Å²) in [6.07, 6.45) is 0. The Kier molecular flexibility index (Phi) is 7.28. The molecule has 10 heteroatoms. The summed E-state index contributed by atoms with van der Waals surface area (Å²) in [5, 5.41) is 23.9.